The average Bonchev–Trinajstić information content (AvgIpc) is 2.54. The zero-order chi connectivity index (χ0) is 20.8. The van der Waals surface area contributed by atoms with E-state index in [1.807, 2.05) is 0 Å². The van der Waals surface area contributed by atoms with Gasteiger partial charge in [0.2, 0.25) is 11.8 Å². The van der Waals surface area contributed by atoms with Gasteiger partial charge in [0.15, 0.2) is 0 Å². The van der Waals surface area contributed by atoms with Gasteiger partial charge in [0.25, 0.3) is 0 Å². The van der Waals surface area contributed by atoms with Crippen LogP contribution in [0.5, 0.6) is 0 Å². The molecule has 0 heterocycles. The number of hydrogen-bond acceptors (Lipinski definition) is 6. The highest BCUT2D eigenvalue weighted by Gasteiger charge is 2.32. The molecule has 0 rings (SSSR count). The van der Waals surface area contributed by atoms with Crippen LogP contribution in [0.2, 0.25) is 0 Å². The Hall–Kier alpha value is -2.32. The van der Waals surface area contributed by atoms with Crippen LogP contribution in [0.3, 0.4) is 0 Å². The van der Waals surface area contributed by atoms with Gasteiger partial charge in [0, 0.05) is 14.1 Å². The molecule has 26 heavy (non-hydrogen) atoms. The molecule has 0 aliphatic rings. The molecule has 1 N–H and O–H groups in total. The van der Waals surface area contributed by atoms with Crippen LogP contribution in [0.25, 0.3) is 0 Å². The van der Waals surface area contributed by atoms with Gasteiger partial charge in [-0.2, -0.15) is 0 Å². The number of carbonyl (C=O) groups excluding carboxylic acids is 4. The maximum atomic E-state index is 12.5. The molecule has 2 unspecified atom stereocenters. The van der Waals surface area contributed by atoms with Crippen LogP contribution in [0.4, 0.5) is 4.79 Å². The summed E-state index contributed by atoms with van der Waals surface area (Å²) in [6.45, 7) is 9.71. The van der Waals surface area contributed by atoms with Gasteiger partial charge < -0.3 is 24.6 Å². The van der Waals surface area contributed by atoms with Crippen LogP contribution < -0.4 is 5.32 Å². The molecule has 9 nitrogen and oxygen atoms in total. The number of nitrogens with one attached hydrogen (secondary N) is 1. The standard InChI is InChI=1S/C17H31N3O6/c1-10(18-16(24)26-17(4,5)6)13(21)19(7)11(2)14(22)20(8)12(3)15(23)25-9/h10-12H,1-9H3,(H,18,24)/t10-,11?,12?/m0/s1. The molecule has 0 aromatic carbocycles. The Morgan fingerprint density at radius 3 is 1.77 bits per heavy atom. The van der Waals surface area contributed by atoms with Crippen molar-refractivity contribution in [2.24, 2.45) is 0 Å². The largest absolute Gasteiger partial charge is 0.467 e. The van der Waals surface area contributed by atoms with Crippen molar-refractivity contribution < 1.29 is 28.7 Å². The summed E-state index contributed by atoms with van der Waals surface area (Å²) in [7, 11) is 4.15. The Morgan fingerprint density at radius 1 is 0.885 bits per heavy atom. The van der Waals surface area contributed by atoms with Crippen molar-refractivity contribution in [3.8, 4) is 0 Å². The zero-order valence-electron chi connectivity index (χ0n) is 17.1. The fourth-order valence-electron chi connectivity index (χ4n) is 2.02. The number of likely N-dealkylation sites (N-methyl/N-ethyl adjacent to an activating group) is 2. The smallest absolute Gasteiger partial charge is 0.408 e. The maximum Gasteiger partial charge on any atom is 0.408 e. The van der Waals surface area contributed by atoms with E-state index in [-0.39, 0.29) is 0 Å². The van der Waals surface area contributed by atoms with E-state index in [1.54, 1.807) is 27.7 Å². The number of methoxy groups -OCH3 is 1. The third kappa shape index (κ3) is 6.89. The summed E-state index contributed by atoms with van der Waals surface area (Å²) < 4.78 is 9.73. The first kappa shape index (κ1) is 23.7. The molecule has 0 aromatic rings. The summed E-state index contributed by atoms with van der Waals surface area (Å²) in [4.78, 5) is 50.7. The molecular formula is C17H31N3O6. The lowest BCUT2D eigenvalue weighted by Crippen LogP contribution is -2.54. The fraction of sp³-hybridized carbons (Fsp3) is 0.765. The Bertz CT molecular complexity index is 543. The van der Waals surface area contributed by atoms with Crippen LogP contribution in [0.1, 0.15) is 41.5 Å². The molecule has 3 amide bonds. The molecule has 0 aromatic heterocycles. The highest BCUT2D eigenvalue weighted by atomic mass is 16.6. The maximum absolute atomic E-state index is 12.5. The summed E-state index contributed by atoms with van der Waals surface area (Å²) in [5.74, 6) is -1.44. The molecule has 0 radical (unpaired) electrons. The second-order valence-electron chi connectivity index (χ2n) is 7.14. The first-order chi connectivity index (χ1) is 11.7. The summed E-state index contributed by atoms with van der Waals surface area (Å²) in [6.07, 6.45) is -0.720. The second kappa shape index (κ2) is 9.40. The van der Waals surface area contributed by atoms with Crippen LogP contribution in [0.15, 0.2) is 0 Å². The van der Waals surface area contributed by atoms with E-state index in [1.165, 1.54) is 44.9 Å². The molecule has 0 aliphatic carbocycles. The van der Waals surface area contributed by atoms with E-state index in [0.29, 0.717) is 0 Å². The van der Waals surface area contributed by atoms with Gasteiger partial charge in [-0.05, 0) is 41.5 Å². The minimum absolute atomic E-state index is 0.428. The molecule has 0 aliphatic heterocycles. The van der Waals surface area contributed by atoms with Gasteiger partial charge in [-0.15, -0.1) is 0 Å². The minimum atomic E-state index is -0.881. The van der Waals surface area contributed by atoms with E-state index in [4.69, 9.17) is 4.74 Å². The quantitative estimate of drug-likeness (QED) is 0.690. The zero-order valence-corrected chi connectivity index (χ0v) is 17.1. The van der Waals surface area contributed by atoms with E-state index in [2.05, 4.69) is 10.1 Å². The third-order valence-corrected chi connectivity index (χ3v) is 3.86. The number of hydrogen-bond donors (Lipinski definition) is 1. The van der Waals surface area contributed by atoms with E-state index in [9.17, 15) is 19.2 Å². The summed E-state index contributed by atoms with van der Waals surface area (Å²) in [5.41, 5.74) is -0.686. The summed E-state index contributed by atoms with van der Waals surface area (Å²) in [5, 5.41) is 2.44. The number of esters is 1. The third-order valence-electron chi connectivity index (χ3n) is 3.86. The molecule has 0 saturated heterocycles. The lowest BCUT2D eigenvalue weighted by molar-refractivity contribution is -0.153. The Kier molecular flexibility index (Phi) is 8.56. The molecule has 0 spiro atoms. The molecule has 0 fully saturated rings. The minimum Gasteiger partial charge on any atom is -0.467 e. The predicted octanol–water partition coefficient (Wildman–Crippen LogP) is 0.766. The van der Waals surface area contributed by atoms with Crippen LogP contribution in [-0.2, 0) is 23.9 Å². The van der Waals surface area contributed by atoms with Crippen molar-refractivity contribution in [2.75, 3.05) is 21.2 Å². The average molecular weight is 373 g/mol. The number of ether oxygens (including phenoxy) is 2. The van der Waals surface area contributed by atoms with Crippen molar-refractivity contribution in [2.45, 2.75) is 65.3 Å². The van der Waals surface area contributed by atoms with Gasteiger partial charge in [-0.3, -0.25) is 9.59 Å². The molecule has 150 valence electrons. The van der Waals surface area contributed by atoms with Crippen molar-refractivity contribution >= 4 is 23.9 Å². The van der Waals surface area contributed by atoms with Crippen LogP contribution >= 0.6 is 0 Å². The van der Waals surface area contributed by atoms with Gasteiger partial charge in [-0.25, -0.2) is 9.59 Å². The number of amides is 3. The van der Waals surface area contributed by atoms with Crippen molar-refractivity contribution in [3.05, 3.63) is 0 Å². The van der Waals surface area contributed by atoms with Gasteiger partial charge in [0.1, 0.15) is 23.7 Å². The topological polar surface area (TPSA) is 105 Å². The molecule has 3 atom stereocenters. The lowest BCUT2D eigenvalue weighted by Gasteiger charge is -2.32. The number of carbonyl (C=O) groups is 4. The SMILES string of the molecule is COC(=O)C(C)N(C)C(=O)C(C)N(C)C(=O)[C@H](C)NC(=O)OC(C)(C)C. The van der Waals surface area contributed by atoms with Gasteiger partial charge in [-0.1, -0.05) is 0 Å². The Labute approximate surface area is 155 Å². The normalized spacial score (nSPS) is 14.5. The molecule has 0 saturated carbocycles. The summed E-state index contributed by atoms with van der Waals surface area (Å²) in [6, 6.07) is -2.49. The van der Waals surface area contributed by atoms with Crippen molar-refractivity contribution in [1.82, 2.24) is 15.1 Å². The summed E-state index contributed by atoms with van der Waals surface area (Å²) >= 11 is 0. The predicted molar refractivity (Wildman–Crippen MR) is 95.3 cm³/mol. The van der Waals surface area contributed by atoms with Gasteiger partial charge >= 0.3 is 12.1 Å². The highest BCUT2D eigenvalue weighted by molar-refractivity contribution is 5.92. The molecule has 0 bridgehead atoms. The first-order valence-electron chi connectivity index (χ1n) is 8.33. The van der Waals surface area contributed by atoms with E-state index >= 15 is 0 Å². The number of alkyl carbamates (subject to hydrolysis) is 1. The lowest BCUT2D eigenvalue weighted by atomic mass is 10.2. The van der Waals surface area contributed by atoms with E-state index in [0.717, 1.165) is 0 Å². The Morgan fingerprint density at radius 2 is 1.35 bits per heavy atom. The monoisotopic (exact) mass is 373 g/mol. The van der Waals surface area contributed by atoms with Crippen molar-refractivity contribution in [1.29, 1.82) is 0 Å². The number of nitrogens with zero attached hydrogens (tertiary/aromatic N) is 2. The number of rotatable bonds is 6. The molecular weight excluding hydrogens is 342 g/mol. The second-order valence-corrected chi connectivity index (χ2v) is 7.14. The van der Waals surface area contributed by atoms with Crippen LogP contribution in [-0.4, -0.2) is 78.6 Å². The Balaban J connectivity index is 4.91. The van der Waals surface area contributed by atoms with Crippen molar-refractivity contribution in [3.63, 3.8) is 0 Å². The highest BCUT2D eigenvalue weighted by Crippen LogP contribution is 2.09. The fourth-order valence-corrected chi connectivity index (χ4v) is 2.02. The first-order valence-corrected chi connectivity index (χ1v) is 8.33. The van der Waals surface area contributed by atoms with Crippen LogP contribution in [0, 0.1) is 0 Å². The van der Waals surface area contributed by atoms with E-state index < -0.39 is 47.6 Å². The van der Waals surface area contributed by atoms with Gasteiger partial charge in [0.05, 0.1) is 7.11 Å². The molecule has 9 heteroatoms.